The Morgan fingerprint density at radius 1 is 1.37 bits per heavy atom. The topological polar surface area (TPSA) is 66.7 Å². The summed E-state index contributed by atoms with van der Waals surface area (Å²) >= 11 is 6.12. The molecule has 1 aliphatic rings. The summed E-state index contributed by atoms with van der Waals surface area (Å²) in [6, 6.07) is 5.42. The summed E-state index contributed by atoms with van der Waals surface area (Å²) < 4.78 is 5.80. The third-order valence-electron chi connectivity index (χ3n) is 3.38. The van der Waals surface area contributed by atoms with Crippen LogP contribution >= 0.6 is 11.6 Å². The second-order valence-corrected chi connectivity index (χ2v) is 4.95. The molecule has 0 saturated heterocycles. The molecule has 2 aromatic heterocycles. The Hall–Kier alpha value is -1.85. The normalized spacial score (nSPS) is 18.7. The van der Waals surface area contributed by atoms with Crippen LogP contribution in [0.3, 0.4) is 0 Å². The third kappa shape index (κ3) is 1.66. The average Bonchev–Trinajstić information content (AvgIpc) is 3.05. The fourth-order valence-corrected chi connectivity index (χ4v) is 2.69. The van der Waals surface area contributed by atoms with Crippen LogP contribution in [0, 0.1) is 0 Å². The van der Waals surface area contributed by atoms with Gasteiger partial charge in [0, 0.05) is 18.7 Å². The van der Waals surface area contributed by atoms with Crippen molar-refractivity contribution in [1.82, 2.24) is 20.3 Å². The maximum atomic E-state index is 6.12. The molecule has 19 heavy (non-hydrogen) atoms. The van der Waals surface area contributed by atoms with Gasteiger partial charge in [0.2, 0.25) is 5.89 Å². The maximum absolute atomic E-state index is 6.12. The SMILES string of the molecule is Clc1cccc2oc([C@@H]3NCCc4[nH]cnc43)nc12. The van der Waals surface area contributed by atoms with Crippen LogP contribution in [-0.4, -0.2) is 21.5 Å². The molecule has 96 valence electrons. The number of imidazole rings is 1. The Morgan fingerprint density at radius 2 is 2.32 bits per heavy atom. The molecule has 0 radical (unpaired) electrons. The smallest absolute Gasteiger partial charge is 0.218 e. The van der Waals surface area contributed by atoms with Crippen molar-refractivity contribution in [2.24, 2.45) is 0 Å². The molecular formula is C13H11ClN4O. The van der Waals surface area contributed by atoms with Crippen LogP contribution in [0.2, 0.25) is 5.02 Å². The van der Waals surface area contributed by atoms with Crippen LogP contribution in [-0.2, 0) is 6.42 Å². The number of hydrogen-bond acceptors (Lipinski definition) is 4. The number of rotatable bonds is 1. The predicted octanol–water partition coefficient (Wildman–Crippen LogP) is 2.44. The maximum Gasteiger partial charge on any atom is 0.218 e. The van der Waals surface area contributed by atoms with E-state index in [1.165, 1.54) is 0 Å². The molecule has 0 spiro atoms. The first kappa shape index (κ1) is 11.0. The average molecular weight is 275 g/mol. The van der Waals surface area contributed by atoms with Crippen molar-refractivity contribution in [3.8, 4) is 0 Å². The van der Waals surface area contributed by atoms with Gasteiger partial charge < -0.3 is 14.7 Å². The van der Waals surface area contributed by atoms with E-state index in [9.17, 15) is 0 Å². The third-order valence-corrected chi connectivity index (χ3v) is 3.69. The minimum Gasteiger partial charge on any atom is -0.438 e. The molecule has 0 amide bonds. The number of oxazole rings is 1. The molecule has 1 aliphatic heterocycles. The summed E-state index contributed by atoms with van der Waals surface area (Å²) in [4.78, 5) is 12.0. The van der Waals surface area contributed by atoms with E-state index >= 15 is 0 Å². The lowest BCUT2D eigenvalue weighted by molar-refractivity contribution is 0.433. The first-order valence-electron chi connectivity index (χ1n) is 6.13. The van der Waals surface area contributed by atoms with E-state index in [1.54, 1.807) is 6.33 Å². The number of H-pyrrole nitrogens is 1. The summed E-state index contributed by atoms with van der Waals surface area (Å²) in [5, 5.41) is 3.98. The zero-order chi connectivity index (χ0) is 12.8. The molecule has 4 rings (SSSR count). The second-order valence-electron chi connectivity index (χ2n) is 4.54. The lowest BCUT2D eigenvalue weighted by Gasteiger charge is -2.19. The Labute approximate surface area is 114 Å². The molecule has 3 aromatic rings. The molecule has 2 N–H and O–H groups in total. The largest absolute Gasteiger partial charge is 0.438 e. The van der Waals surface area contributed by atoms with Gasteiger partial charge in [0.1, 0.15) is 11.6 Å². The van der Waals surface area contributed by atoms with Crippen molar-refractivity contribution in [2.75, 3.05) is 6.54 Å². The van der Waals surface area contributed by atoms with Gasteiger partial charge in [-0.2, -0.15) is 0 Å². The van der Waals surface area contributed by atoms with Crippen molar-refractivity contribution in [3.05, 3.63) is 46.8 Å². The van der Waals surface area contributed by atoms with Crippen LogP contribution in [0.25, 0.3) is 11.1 Å². The van der Waals surface area contributed by atoms with E-state index in [0.29, 0.717) is 22.0 Å². The van der Waals surface area contributed by atoms with E-state index in [4.69, 9.17) is 16.0 Å². The number of aromatic nitrogens is 3. The highest BCUT2D eigenvalue weighted by molar-refractivity contribution is 6.34. The fraction of sp³-hybridized carbons (Fsp3) is 0.231. The lowest BCUT2D eigenvalue weighted by atomic mass is 10.1. The van der Waals surface area contributed by atoms with E-state index in [1.807, 2.05) is 18.2 Å². The van der Waals surface area contributed by atoms with Crippen molar-refractivity contribution < 1.29 is 4.42 Å². The highest BCUT2D eigenvalue weighted by atomic mass is 35.5. The van der Waals surface area contributed by atoms with Crippen LogP contribution in [0.5, 0.6) is 0 Å². The fourth-order valence-electron chi connectivity index (χ4n) is 2.48. The quantitative estimate of drug-likeness (QED) is 0.715. The minimum atomic E-state index is -0.113. The first-order valence-corrected chi connectivity index (χ1v) is 6.51. The molecular weight excluding hydrogens is 264 g/mol. The zero-order valence-electron chi connectivity index (χ0n) is 9.98. The second kappa shape index (κ2) is 4.08. The Bertz CT molecular complexity index is 748. The number of nitrogens with zero attached hydrogens (tertiary/aromatic N) is 2. The van der Waals surface area contributed by atoms with E-state index in [0.717, 1.165) is 24.4 Å². The number of hydrogen-bond donors (Lipinski definition) is 2. The van der Waals surface area contributed by atoms with Crippen LogP contribution in [0.15, 0.2) is 28.9 Å². The summed E-state index contributed by atoms with van der Waals surface area (Å²) in [7, 11) is 0. The summed E-state index contributed by atoms with van der Waals surface area (Å²) in [6.07, 6.45) is 2.65. The Kier molecular flexibility index (Phi) is 2.36. The van der Waals surface area contributed by atoms with Gasteiger partial charge in [0.05, 0.1) is 17.0 Å². The number of halogens is 1. The van der Waals surface area contributed by atoms with Crippen molar-refractivity contribution in [3.63, 3.8) is 0 Å². The number of aromatic amines is 1. The molecule has 1 aromatic carbocycles. The molecule has 3 heterocycles. The van der Waals surface area contributed by atoms with Gasteiger partial charge in [-0.3, -0.25) is 0 Å². The summed E-state index contributed by atoms with van der Waals surface area (Å²) in [6.45, 7) is 0.867. The van der Waals surface area contributed by atoms with Gasteiger partial charge in [-0.05, 0) is 12.1 Å². The molecule has 0 unspecified atom stereocenters. The number of benzene rings is 1. The van der Waals surface area contributed by atoms with Crippen LogP contribution in [0.1, 0.15) is 23.3 Å². The van der Waals surface area contributed by atoms with Crippen molar-refractivity contribution in [2.45, 2.75) is 12.5 Å². The van der Waals surface area contributed by atoms with Gasteiger partial charge in [0.25, 0.3) is 0 Å². The van der Waals surface area contributed by atoms with Gasteiger partial charge in [-0.15, -0.1) is 0 Å². The minimum absolute atomic E-state index is 0.113. The highest BCUT2D eigenvalue weighted by Gasteiger charge is 2.28. The molecule has 5 nitrogen and oxygen atoms in total. The van der Waals surface area contributed by atoms with Gasteiger partial charge in [-0.25, -0.2) is 9.97 Å². The Balaban J connectivity index is 1.86. The molecule has 0 bridgehead atoms. The lowest BCUT2D eigenvalue weighted by Crippen LogP contribution is -2.30. The number of nitrogens with one attached hydrogen (secondary N) is 2. The Morgan fingerprint density at radius 3 is 3.21 bits per heavy atom. The van der Waals surface area contributed by atoms with Gasteiger partial charge in [-0.1, -0.05) is 17.7 Å². The molecule has 0 fully saturated rings. The summed E-state index contributed by atoms with van der Waals surface area (Å²) in [5.74, 6) is 0.608. The standard InChI is InChI=1S/C13H11ClN4O/c14-7-2-1-3-9-10(7)18-13(19-9)12-11-8(4-5-15-12)16-6-17-11/h1-3,6,12,15H,4-5H2,(H,16,17)/t12-/m1/s1. The van der Waals surface area contributed by atoms with E-state index in [2.05, 4.69) is 20.3 Å². The number of para-hydroxylation sites is 1. The van der Waals surface area contributed by atoms with Gasteiger partial charge >= 0.3 is 0 Å². The van der Waals surface area contributed by atoms with Crippen LogP contribution in [0.4, 0.5) is 0 Å². The van der Waals surface area contributed by atoms with E-state index < -0.39 is 0 Å². The monoisotopic (exact) mass is 274 g/mol. The van der Waals surface area contributed by atoms with E-state index in [-0.39, 0.29) is 6.04 Å². The predicted molar refractivity (Wildman–Crippen MR) is 71.2 cm³/mol. The first-order chi connectivity index (χ1) is 9.33. The molecule has 0 saturated carbocycles. The highest BCUT2D eigenvalue weighted by Crippen LogP contribution is 2.30. The molecule has 6 heteroatoms. The molecule has 0 aliphatic carbocycles. The van der Waals surface area contributed by atoms with Crippen molar-refractivity contribution >= 4 is 22.7 Å². The van der Waals surface area contributed by atoms with Gasteiger partial charge in [0.15, 0.2) is 5.58 Å². The zero-order valence-corrected chi connectivity index (χ0v) is 10.7. The van der Waals surface area contributed by atoms with Crippen molar-refractivity contribution in [1.29, 1.82) is 0 Å². The summed E-state index contributed by atoms with van der Waals surface area (Å²) in [5.41, 5.74) is 3.49. The van der Waals surface area contributed by atoms with Crippen LogP contribution < -0.4 is 5.32 Å². The number of fused-ring (bicyclic) bond motifs is 2. The molecule has 1 atom stereocenters.